The summed E-state index contributed by atoms with van der Waals surface area (Å²) in [4.78, 5) is 30.6. The molecule has 0 N–H and O–H groups in total. The molecule has 0 spiro atoms. The van der Waals surface area contributed by atoms with Gasteiger partial charge in [-0.05, 0) is 35.2 Å². The van der Waals surface area contributed by atoms with Gasteiger partial charge in [0.1, 0.15) is 5.75 Å². The van der Waals surface area contributed by atoms with Crippen LogP contribution in [0.3, 0.4) is 0 Å². The summed E-state index contributed by atoms with van der Waals surface area (Å²) in [5.74, 6) is 1.13. The summed E-state index contributed by atoms with van der Waals surface area (Å²) < 4.78 is 5.34. The number of ether oxygens (including phenoxy) is 1. The van der Waals surface area contributed by atoms with E-state index in [0.29, 0.717) is 19.6 Å². The summed E-state index contributed by atoms with van der Waals surface area (Å²) in [7, 11) is 1.67. The molecule has 5 heteroatoms. The number of nitrogens with zero attached hydrogens (tertiary/aromatic N) is 2. The van der Waals surface area contributed by atoms with Gasteiger partial charge in [0.15, 0.2) is 0 Å². The van der Waals surface area contributed by atoms with Crippen molar-refractivity contribution in [3.8, 4) is 5.75 Å². The zero-order valence-electron chi connectivity index (χ0n) is 20.3. The number of rotatable bonds is 5. The summed E-state index contributed by atoms with van der Waals surface area (Å²) >= 11 is 0. The van der Waals surface area contributed by atoms with Crippen LogP contribution in [0.1, 0.15) is 41.9 Å². The average Bonchev–Trinajstić information content (AvgIpc) is 3.29. The Hall–Kier alpha value is -3.60. The van der Waals surface area contributed by atoms with Crippen molar-refractivity contribution in [1.29, 1.82) is 0 Å². The molecule has 180 valence electrons. The lowest BCUT2D eigenvalue weighted by atomic mass is 9.81. The van der Waals surface area contributed by atoms with Crippen LogP contribution in [0, 0.1) is 5.92 Å². The predicted molar refractivity (Wildman–Crippen MR) is 136 cm³/mol. The van der Waals surface area contributed by atoms with Gasteiger partial charge in [0.05, 0.1) is 13.0 Å². The van der Waals surface area contributed by atoms with Crippen molar-refractivity contribution in [1.82, 2.24) is 9.80 Å². The minimum absolute atomic E-state index is 0.113. The number of hydrogen-bond acceptors (Lipinski definition) is 3. The standard InChI is InChI=1S/C30H32N2O3/c1-21(33)32-20-26(22-13-15-25(35-2)16-14-22)27-19-31(18-17-28(27)32)30(34)29(23-9-5-3-6-10-23)24-11-7-4-8-12-24/h3-16,26-29H,17-20H2,1-2H3/t26-,27-,28-/m1/s1. The number of carbonyl (C=O) groups excluding carboxylic acids is 2. The van der Waals surface area contributed by atoms with E-state index in [1.54, 1.807) is 14.0 Å². The van der Waals surface area contributed by atoms with Crippen molar-refractivity contribution >= 4 is 11.8 Å². The minimum Gasteiger partial charge on any atom is -0.497 e. The molecule has 3 aromatic rings. The van der Waals surface area contributed by atoms with Gasteiger partial charge in [-0.15, -0.1) is 0 Å². The molecule has 2 heterocycles. The second-order valence-electron chi connectivity index (χ2n) is 9.61. The van der Waals surface area contributed by atoms with E-state index in [2.05, 4.69) is 12.1 Å². The maximum atomic E-state index is 14.1. The first-order chi connectivity index (χ1) is 17.1. The van der Waals surface area contributed by atoms with Gasteiger partial charge in [0, 0.05) is 44.4 Å². The Morgan fingerprint density at radius 3 is 2.00 bits per heavy atom. The number of likely N-dealkylation sites (tertiary alicyclic amines) is 2. The van der Waals surface area contributed by atoms with E-state index in [9.17, 15) is 9.59 Å². The zero-order valence-corrected chi connectivity index (χ0v) is 20.3. The first kappa shape index (κ1) is 23.2. The molecule has 0 aromatic heterocycles. The fraction of sp³-hybridized carbons (Fsp3) is 0.333. The molecule has 2 aliphatic heterocycles. The summed E-state index contributed by atoms with van der Waals surface area (Å²) in [6, 6.07) is 28.4. The molecule has 35 heavy (non-hydrogen) atoms. The summed E-state index contributed by atoms with van der Waals surface area (Å²) in [6.45, 7) is 3.67. The van der Waals surface area contributed by atoms with E-state index in [0.717, 1.165) is 23.3 Å². The summed E-state index contributed by atoms with van der Waals surface area (Å²) in [6.07, 6.45) is 0.805. The number of piperidine rings is 1. The molecule has 3 aromatic carbocycles. The van der Waals surface area contributed by atoms with E-state index in [4.69, 9.17) is 4.74 Å². The van der Waals surface area contributed by atoms with Crippen LogP contribution in [0.2, 0.25) is 0 Å². The van der Waals surface area contributed by atoms with Crippen LogP contribution in [0.25, 0.3) is 0 Å². The monoisotopic (exact) mass is 468 g/mol. The van der Waals surface area contributed by atoms with Crippen molar-refractivity contribution in [3.63, 3.8) is 0 Å². The average molecular weight is 469 g/mol. The highest BCUT2D eigenvalue weighted by Gasteiger charge is 2.47. The van der Waals surface area contributed by atoms with Crippen LogP contribution in [0.4, 0.5) is 0 Å². The Bertz CT molecular complexity index is 1120. The molecule has 5 nitrogen and oxygen atoms in total. The lowest BCUT2D eigenvalue weighted by Gasteiger charge is -2.40. The third-order valence-corrected chi connectivity index (χ3v) is 7.70. The molecule has 5 rings (SSSR count). The van der Waals surface area contributed by atoms with Gasteiger partial charge in [0.25, 0.3) is 0 Å². The highest BCUT2D eigenvalue weighted by molar-refractivity contribution is 5.87. The Morgan fingerprint density at radius 2 is 1.46 bits per heavy atom. The molecule has 2 aliphatic rings. The van der Waals surface area contributed by atoms with Crippen molar-refractivity contribution in [2.24, 2.45) is 5.92 Å². The lowest BCUT2D eigenvalue weighted by Crippen LogP contribution is -2.50. The third-order valence-electron chi connectivity index (χ3n) is 7.70. The Balaban J connectivity index is 1.44. The van der Waals surface area contributed by atoms with Gasteiger partial charge >= 0.3 is 0 Å². The summed E-state index contributed by atoms with van der Waals surface area (Å²) in [5.41, 5.74) is 3.21. The van der Waals surface area contributed by atoms with Crippen LogP contribution < -0.4 is 4.74 Å². The Kier molecular flexibility index (Phi) is 6.58. The van der Waals surface area contributed by atoms with Crippen molar-refractivity contribution in [3.05, 3.63) is 102 Å². The smallest absolute Gasteiger partial charge is 0.234 e. The predicted octanol–water partition coefficient (Wildman–Crippen LogP) is 4.69. The van der Waals surface area contributed by atoms with E-state index < -0.39 is 0 Å². The van der Waals surface area contributed by atoms with E-state index in [-0.39, 0.29) is 35.6 Å². The Labute approximate surface area is 207 Å². The number of amides is 2. The molecule has 0 radical (unpaired) electrons. The highest BCUT2D eigenvalue weighted by Crippen LogP contribution is 2.42. The topological polar surface area (TPSA) is 49.9 Å². The van der Waals surface area contributed by atoms with Crippen LogP contribution in [-0.4, -0.2) is 54.4 Å². The first-order valence-electron chi connectivity index (χ1n) is 12.4. The van der Waals surface area contributed by atoms with E-state index in [1.807, 2.05) is 82.6 Å². The number of benzene rings is 3. The second-order valence-corrected chi connectivity index (χ2v) is 9.61. The third kappa shape index (κ3) is 4.55. The first-order valence-corrected chi connectivity index (χ1v) is 12.4. The van der Waals surface area contributed by atoms with E-state index in [1.165, 1.54) is 5.56 Å². The maximum Gasteiger partial charge on any atom is 0.234 e. The normalized spacial score (nSPS) is 21.6. The molecule has 3 atom stereocenters. The van der Waals surface area contributed by atoms with Crippen LogP contribution in [-0.2, 0) is 9.59 Å². The molecule has 0 bridgehead atoms. The SMILES string of the molecule is COc1ccc([C@H]2CN(C(C)=O)[C@@H]3CCN(C(=O)C(c4ccccc4)c4ccccc4)C[C@H]23)cc1. The van der Waals surface area contributed by atoms with Gasteiger partial charge in [-0.25, -0.2) is 0 Å². The second kappa shape index (κ2) is 9.95. The molecular formula is C30H32N2O3. The fourth-order valence-electron chi connectivity index (χ4n) is 5.95. The number of hydrogen-bond donors (Lipinski definition) is 0. The summed E-state index contributed by atoms with van der Waals surface area (Å²) in [5, 5.41) is 0. The quantitative estimate of drug-likeness (QED) is 0.546. The van der Waals surface area contributed by atoms with Gasteiger partial charge in [0.2, 0.25) is 11.8 Å². The highest BCUT2D eigenvalue weighted by atomic mass is 16.5. The molecule has 2 amide bonds. The Morgan fingerprint density at radius 1 is 0.857 bits per heavy atom. The molecule has 2 fully saturated rings. The number of methoxy groups -OCH3 is 1. The fourth-order valence-corrected chi connectivity index (χ4v) is 5.95. The van der Waals surface area contributed by atoms with Gasteiger partial charge in [-0.2, -0.15) is 0 Å². The van der Waals surface area contributed by atoms with Crippen molar-refractivity contribution in [2.45, 2.75) is 31.2 Å². The van der Waals surface area contributed by atoms with Crippen LogP contribution in [0.5, 0.6) is 5.75 Å². The van der Waals surface area contributed by atoms with Crippen LogP contribution in [0.15, 0.2) is 84.9 Å². The van der Waals surface area contributed by atoms with Crippen molar-refractivity contribution in [2.75, 3.05) is 26.7 Å². The van der Waals surface area contributed by atoms with Gasteiger partial charge in [-0.3, -0.25) is 9.59 Å². The molecule has 0 unspecified atom stereocenters. The largest absolute Gasteiger partial charge is 0.497 e. The number of fused-ring (bicyclic) bond motifs is 1. The molecule has 0 saturated carbocycles. The zero-order chi connectivity index (χ0) is 24.4. The minimum atomic E-state index is -0.335. The van der Waals surface area contributed by atoms with E-state index >= 15 is 0 Å². The number of carbonyl (C=O) groups is 2. The molecule has 0 aliphatic carbocycles. The van der Waals surface area contributed by atoms with Crippen molar-refractivity contribution < 1.29 is 14.3 Å². The van der Waals surface area contributed by atoms with Gasteiger partial charge in [-0.1, -0.05) is 72.8 Å². The lowest BCUT2D eigenvalue weighted by molar-refractivity contribution is -0.135. The maximum absolute atomic E-state index is 14.1. The van der Waals surface area contributed by atoms with Crippen LogP contribution >= 0.6 is 0 Å². The van der Waals surface area contributed by atoms with Gasteiger partial charge < -0.3 is 14.5 Å². The molecule has 2 saturated heterocycles. The molecular weight excluding hydrogens is 436 g/mol.